The Balaban J connectivity index is 2.27. The highest BCUT2D eigenvalue weighted by Crippen LogP contribution is 2.08. The fourth-order valence-electron chi connectivity index (χ4n) is 2.51. The Kier molecular flexibility index (Phi) is 8.22. The van der Waals surface area contributed by atoms with Crippen LogP contribution >= 0.6 is 0 Å². The first-order valence-electron chi connectivity index (χ1n) is 7.46. The SMILES string of the molecule is O=C(O)CCCN(CCC(=O)O)CCN1CCCCC1. The van der Waals surface area contributed by atoms with Crippen LogP contribution in [0.2, 0.25) is 0 Å². The highest BCUT2D eigenvalue weighted by Gasteiger charge is 2.13. The monoisotopic (exact) mass is 286 g/mol. The third-order valence-electron chi connectivity index (χ3n) is 3.69. The van der Waals surface area contributed by atoms with E-state index in [1.54, 1.807) is 0 Å². The molecule has 6 nitrogen and oxygen atoms in total. The van der Waals surface area contributed by atoms with Crippen molar-refractivity contribution in [2.45, 2.75) is 38.5 Å². The van der Waals surface area contributed by atoms with Crippen molar-refractivity contribution in [2.75, 3.05) is 39.3 Å². The van der Waals surface area contributed by atoms with Gasteiger partial charge in [-0.1, -0.05) is 6.42 Å². The summed E-state index contributed by atoms with van der Waals surface area (Å²) in [7, 11) is 0. The molecule has 0 amide bonds. The van der Waals surface area contributed by atoms with Gasteiger partial charge in [-0.3, -0.25) is 9.59 Å². The van der Waals surface area contributed by atoms with Gasteiger partial charge in [0, 0.05) is 26.1 Å². The van der Waals surface area contributed by atoms with Crippen molar-refractivity contribution in [3.05, 3.63) is 0 Å². The first-order chi connectivity index (χ1) is 9.58. The van der Waals surface area contributed by atoms with Gasteiger partial charge in [-0.2, -0.15) is 0 Å². The molecule has 0 aromatic rings. The van der Waals surface area contributed by atoms with Gasteiger partial charge in [0.2, 0.25) is 0 Å². The summed E-state index contributed by atoms with van der Waals surface area (Å²) in [6.07, 6.45) is 4.63. The Morgan fingerprint density at radius 3 is 2.15 bits per heavy atom. The van der Waals surface area contributed by atoms with Crippen molar-refractivity contribution in [3.8, 4) is 0 Å². The molecule has 6 heteroatoms. The minimum Gasteiger partial charge on any atom is -0.481 e. The van der Waals surface area contributed by atoms with Gasteiger partial charge in [-0.25, -0.2) is 0 Å². The van der Waals surface area contributed by atoms with Crippen LogP contribution in [-0.4, -0.2) is 71.2 Å². The van der Waals surface area contributed by atoms with Crippen molar-refractivity contribution in [3.63, 3.8) is 0 Å². The van der Waals surface area contributed by atoms with E-state index < -0.39 is 11.9 Å². The first-order valence-corrected chi connectivity index (χ1v) is 7.46. The minimum absolute atomic E-state index is 0.118. The van der Waals surface area contributed by atoms with Crippen LogP contribution in [0.5, 0.6) is 0 Å². The lowest BCUT2D eigenvalue weighted by Crippen LogP contribution is -2.39. The highest BCUT2D eigenvalue weighted by molar-refractivity contribution is 5.67. The van der Waals surface area contributed by atoms with Crippen molar-refractivity contribution in [1.82, 2.24) is 9.80 Å². The number of carboxylic acid groups (broad SMARTS) is 2. The van der Waals surface area contributed by atoms with Crippen LogP contribution < -0.4 is 0 Å². The van der Waals surface area contributed by atoms with Crippen LogP contribution in [0, 0.1) is 0 Å². The summed E-state index contributed by atoms with van der Waals surface area (Å²) in [6.45, 7) is 5.19. The zero-order chi connectivity index (χ0) is 14.8. The van der Waals surface area contributed by atoms with Gasteiger partial charge in [0.05, 0.1) is 6.42 Å². The molecule has 0 atom stereocenters. The number of nitrogens with zero attached hydrogens (tertiary/aromatic N) is 2. The van der Waals surface area contributed by atoms with Gasteiger partial charge in [0.25, 0.3) is 0 Å². The zero-order valence-corrected chi connectivity index (χ0v) is 12.1. The molecule has 0 aliphatic carbocycles. The topological polar surface area (TPSA) is 81.1 Å². The molecule has 0 saturated carbocycles. The van der Waals surface area contributed by atoms with Crippen LogP contribution in [0.25, 0.3) is 0 Å². The highest BCUT2D eigenvalue weighted by atomic mass is 16.4. The van der Waals surface area contributed by atoms with E-state index in [9.17, 15) is 9.59 Å². The summed E-state index contributed by atoms with van der Waals surface area (Å²) in [6, 6.07) is 0. The summed E-state index contributed by atoms with van der Waals surface area (Å²) in [5.41, 5.74) is 0. The first kappa shape index (κ1) is 16.9. The van der Waals surface area contributed by atoms with Crippen LogP contribution in [0.1, 0.15) is 38.5 Å². The number of hydrogen-bond donors (Lipinski definition) is 2. The molecule has 0 bridgehead atoms. The molecule has 1 heterocycles. The molecule has 0 aromatic heterocycles. The third-order valence-corrected chi connectivity index (χ3v) is 3.69. The summed E-state index contributed by atoms with van der Waals surface area (Å²) in [5, 5.41) is 17.4. The van der Waals surface area contributed by atoms with E-state index in [1.807, 2.05) is 0 Å². The molecular weight excluding hydrogens is 260 g/mol. The molecule has 0 unspecified atom stereocenters. The fourth-order valence-corrected chi connectivity index (χ4v) is 2.51. The molecule has 20 heavy (non-hydrogen) atoms. The molecular formula is C14H26N2O4. The molecule has 2 N–H and O–H groups in total. The summed E-state index contributed by atoms with van der Waals surface area (Å²) in [4.78, 5) is 25.7. The quantitative estimate of drug-likeness (QED) is 0.626. The second-order valence-electron chi connectivity index (χ2n) is 5.38. The largest absolute Gasteiger partial charge is 0.481 e. The zero-order valence-electron chi connectivity index (χ0n) is 12.1. The minimum atomic E-state index is -0.800. The molecule has 1 aliphatic rings. The smallest absolute Gasteiger partial charge is 0.304 e. The maximum absolute atomic E-state index is 10.7. The van der Waals surface area contributed by atoms with Gasteiger partial charge in [0.1, 0.15) is 0 Å². The number of carbonyl (C=O) groups is 2. The van der Waals surface area contributed by atoms with E-state index >= 15 is 0 Å². The van der Waals surface area contributed by atoms with E-state index in [-0.39, 0.29) is 12.8 Å². The van der Waals surface area contributed by atoms with Crippen molar-refractivity contribution in [2.24, 2.45) is 0 Å². The average Bonchev–Trinajstić information content (AvgIpc) is 2.42. The summed E-state index contributed by atoms with van der Waals surface area (Å²) < 4.78 is 0. The van der Waals surface area contributed by atoms with Crippen LogP contribution in [0.15, 0.2) is 0 Å². The Bertz CT molecular complexity index is 304. The Hall–Kier alpha value is -1.14. The molecule has 116 valence electrons. The Morgan fingerprint density at radius 1 is 0.900 bits per heavy atom. The van der Waals surface area contributed by atoms with Gasteiger partial charge >= 0.3 is 11.9 Å². The molecule has 0 radical (unpaired) electrons. The van der Waals surface area contributed by atoms with Crippen LogP contribution in [0.3, 0.4) is 0 Å². The normalized spacial score (nSPS) is 16.4. The lowest BCUT2D eigenvalue weighted by atomic mass is 10.1. The number of likely N-dealkylation sites (tertiary alicyclic amines) is 1. The number of hydrogen-bond acceptors (Lipinski definition) is 4. The fraction of sp³-hybridized carbons (Fsp3) is 0.857. The van der Waals surface area contributed by atoms with Gasteiger partial charge in [-0.15, -0.1) is 0 Å². The van der Waals surface area contributed by atoms with E-state index in [0.29, 0.717) is 19.5 Å². The lowest BCUT2D eigenvalue weighted by molar-refractivity contribution is -0.138. The second kappa shape index (κ2) is 9.72. The van der Waals surface area contributed by atoms with E-state index in [0.717, 1.165) is 26.2 Å². The maximum atomic E-state index is 10.7. The summed E-state index contributed by atoms with van der Waals surface area (Å²) in [5.74, 6) is -1.59. The number of aliphatic carboxylic acids is 2. The average molecular weight is 286 g/mol. The third kappa shape index (κ3) is 8.12. The predicted octanol–water partition coefficient (Wildman–Crippen LogP) is 1.11. The molecule has 0 spiro atoms. The van der Waals surface area contributed by atoms with Gasteiger partial charge in [-0.05, 0) is 38.9 Å². The van der Waals surface area contributed by atoms with E-state index in [1.165, 1.54) is 19.3 Å². The molecule has 1 aliphatic heterocycles. The molecule has 1 saturated heterocycles. The molecule has 1 fully saturated rings. The summed E-state index contributed by atoms with van der Waals surface area (Å²) >= 11 is 0. The second-order valence-corrected chi connectivity index (χ2v) is 5.38. The van der Waals surface area contributed by atoms with Crippen LogP contribution in [0.4, 0.5) is 0 Å². The van der Waals surface area contributed by atoms with Crippen molar-refractivity contribution < 1.29 is 19.8 Å². The maximum Gasteiger partial charge on any atom is 0.304 e. The van der Waals surface area contributed by atoms with Gasteiger partial charge < -0.3 is 20.0 Å². The molecule has 1 rings (SSSR count). The Morgan fingerprint density at radius 2 is 1.55 bits per heavy atom. The molecule has 0 aromatic carbocycles. The van der Waals surface area contributed by atoms with Crippen LogP contribution in [-0.2, 0) is 9.59 Å². The standard InChI is InChI=1S/C14H26N2O4/c17-13(18)5-4-9-16(10-6-14(19)20)12-11-15-7-2-1-3-8-15/h1-12H2,(H,17,18)(H,19,20). The van der Waals surface area contributed by atoms with Crippen molar-refractivity contribution >= 4 is 11.9 Å². The lowest BCUT2D eigenvalue weighted by Gasteiger charge is -2.29. The predicted molar refractivity (Wildman–Crippen MR) is 75.9 cm³/mol. The van der Waals surface area contributed by atoms with E-state index in [2.05, 4.69) is 9.80 Å². The number of rotatable bonds is 10. The van der Waals surface area contributed by atoms with Crippen molar-refractivity contribution in [1.29, 1.82) is 0 Å². The number of piperidine rings is 1. The Labute approximate surface area is 120 Å². The van der Waals surface area contributed by atoms with Gasteiger partial charge in [0.15, 0.2) is 0 Å². The number of carboxylic acids is 2. The van der Waals surface area contributed by atoms with E-state index in [4.69, 9.17) is 10.2 Å².